The molecule has 2 atom stereocenters. The summed E-state index contributed by atoms with van der Waals surface area (Å²) in [5.74, 6) is -0.625. The molecule has 1 fully saturated rings. The lowest BCUT2D eigenvalue weighted by atomic mass is 9.81. The van der Waals surface area contributed by atoms with Crippen LogP contribution in [0.3, 0.4) is 0 Å². The second-order valence-electron chi connectivity index (χ2n) is 6.61. The molecule has 0 amide bonds. The van der Waals surface area contributed by atoms with Crippen LogP contribution in [0.4, 0.5) is 0 Å². The van der Waals surface area contributed by atoms with Gasteiger partial charge in [0, 0.05) is 0 Å². The molecule has 1 saturated carbocycles. The largest absolute Gasteiger partial charge is 0.465 e. The highest BCUT2D eigenvalue weighted by Crippen LogP contribution is 2.31. The van der Waals surface area contributed by atoms with Crippen molar-refractivity contribution < 1.29 is 19.1 Å². The van der Waals surface area contributed by atoms with Crippen molar-refractivity contribution in [2.24, 2.45) is 11.8 Å². The molecular formula is C16H28O4. The molecule has 0 spiro atoms. The first-order valence-electron chi connectivity index (χ1n) is 7.73. The highest BCUT2D eigenvalue weighted by atomic mass is 16.6. The lowest BCUT2D eigenvalue weighted by molar-refractivity contribution is -0.163. The van der Waals surface area contributed by atoms with Gasteiger partial charge in [-0.3, -0.25) is 9.59 Å². The molecule has 20 heavy (non-hydrogen) atoms. The molecule has 0 radical (unpaired) electrons. The zero-order valence-electron chi connectivity index (χ0n) is 13.2. The summed E-state index contributed by atoms with van der Waals surface area (Å²) in [4.78, 5) is 24.0. The highest BCUT2D eigenvalue weighted by Gasteiger charge is 2.34. The Morgan fingerprint density at radius 2 is 1.70 bits per heavy atom. The van der Waals surface area contributed by atoms with Crippen LogP contribution in [0.1, 0.15) is 66.2 Å². The fourth-order valence-electron chi connectivity index (χ4n) is 2.44. The predicted octanol–water partition coefficient (Wildman–Crippen LogP) is 3.48. The molecule has 1 aliphatic carbocycles. The van der Waals surface area contributed by atoms with Crippen molar-refractivity contribution in [1.29, 1.82) is 0 Å². The second kappa shape index (κ2) is 7.65. The number of hydrogen-bond acceptors (Lipinski definition) is 4. The second-order valence-corrected chi connectivity index (χ2v) is 6.61. The molecule has 0 bridgehead atoms. The Bertz CT molecular complexity index is 330. The van der Waals surface area contributed by atoms with Crippen molar-refractivity contribution in [2.75, 3.05) is 6.61 Å². The van der Waals surface area contributed by atoms with Crippen molar-refractivity contribution >= 4 is 11.9 Å². The van der Waals surface area contributed by atoms with E-state index in [4.69, 9.17) is 9.47 Å². The number of unbranched alkanes of at least 4 members (excludes halogenated alkanes) is 1. The van der Waals surface area contributed by atoms with Gasteiger partial charge < -0.3 is 9.47 Å². The summed E-state index contributed by atoms with van der Waals surface area (Å²) in [6.45, 7) is 8.15. The van der Waals surface area contributed by atoms with Crippen LogP contribution in [0.25, 0.3) is 0 Å². The van der Waals surface area contributed by atoms with Crippen molar-refractivity contribution in [3.8, 4) is 0 Å². The number of hydrogen-bond donors (Lipinski definition) is 0. The Morgan fingerprint density at radius 3 is 2.25 bits per heavy atom. The summed E-state index contributed by atoms with van der Waals surface area (Å²) >= 11 is 0. The van der Waals surface area contributed by atoms with E-state index < -0.39 is 5.60 Å². The predicted molar refractivity (Wildman–Crippen MR) is 77.2 cm³/mol. The van der Waals surface area contributed by atoms with Gasteiger partial charge in [0.15, 0.2) is 0 Å². The first-order valence-corrected chi connectivity index (χ1v) is 7.73. The van der Waals surface area contributed by atoms with E-state index in [0.29, 0.717) is 13.0 Å². The topological polar surface area (TPSA) is 52.6 Å². The Morgan fingerprint density at radius 1 is 1.10 bits per heavy atom. The molecule has 1 aliphatic rings. The molecule has 4 nitrogen and oxygen atoms in total. The van der Waals surface area contributed by atoms with Crippen LogP contribution in [-0.4, -0.2) is 24.1 Å². The summed E-state index contributed by atoms with van der Waals surface area (Å²) < 4.78 is 10.7. The molecule has 0 aromatic heterocycles. The van der Waals surface area contributed by atoms with Crippen LogP contribution < -0.4 is 0 Å². The van der Waals surface area contributed by atoms with Crippen LogP contribution in [0.2, 0.25) is 0 Å². The van der Waals surface area contributed by atoms with Gasteiger partial charge in [0.1, 0.15) is 5.60 Å². The summed E-state index contributed by atoms with van der Waals surface area (Å²) in [7, 11) is 0. The molecule has 4 heteroatoms. The molecule has 116 valence electrons. The quantitative estimate of drug-likeness (QED) is 0.573. The van der Waals surface area contributed by atoms with E-state index in [0.717, 1.165) is 32.1 Å². The van der Waals surface area contributed by atoms with Gasteiger partial charge in [0.25, 0.3) is 0 Å². The van der Waals surface area contributed by atoms with Crippen molar-refractivity contribution in [2.45, 2.75) is 71.8 Å². The van der Waals surface area contributed by atoms with Crippen LogP contribution in [-0.2, 0) is 19.1 Å². The summed E-state index contributed by atoms with van der Waals surface area (Å²) in [6, 6.07) is 0. The van der Waals surface area contributed by atoms with Crippen LogP contribution in [0.15, 0.2) is 0 Å². The zero-order valence-corrected chi connectivity index (χ0v) is 13.2. The smallest absolute Gasteiger partial charge is 0.309 e. The fourth-order valence-corrected chi connectivity index (χ4v) is 2.44. The third kappa shape index (κ3) is 5.93. The first-order chi connectivity index (χ1) is 9.33. The molecule has 2 unspecified atom stereocenters. The third-order valence-electron chi connectivity index (χ3n) is 3.49. The Labute approximate surface area is 122 Å². The standard InChI is InChI=1S/C16H28O4/c1-5-6-10-19-14(17)12-8-7-9-13(11-12)15(18)20-16(2,3)4/h12-13H,5-11H2,1-4H3. The normalized spacial score (nSPS) is 23.2. The lowest BCUT2D eigenvalue weighted by Crippen LogP contribution is -2.33. The maximum atomic E-state index is 12.1. The molecule has 1 rings (SSSR count). The number of rotatable bonds is 5. The Balaban J connectivity index is 2.45. The summed E-state index contributed by atoms with van der Waals surface area (Å²) in [5, 5.41) is 0. The molecule has 0 aromatic rings. The number of carbonyl (C=O) groups is 2. The minimum Gasteiger partial charge on any atom is -0.465 e. The highest BCUT2D eigenvalue weighted by molar-refractivity contribution is 5.76. The molecule has 0 aliphatic heterocycles. The van der Waals surface area contributed by atoms with Gasteiger partial charge in [-0.25, -0.2) is 0 Å². The van der Waals surface area contributed by atoms with Crippen LogP contribution in [0.5, 0.6) is 0 Å². The Kier molecular flexibility index (Phi) is 6.50. The Hall–Kier alpha value is -1.06. The number of ether oxygens (including phenoxy) is 2. The molecule has 0 aromatic carbocycles. The van der Waals surface area contributed by atoms with E-state index in [1.165, 1.54) is 0 Å². The van der Waals surface area contributed by atoms with E-state index >= 15 is 0 Å². The fraction of sp³-hybridized carbons (Fsp3) is 0.875. The summed E-state index contributed by atoms with van der Waals surface area (Å²) in [6.07, 6.45) is 5.00. The maximum absolute atomic E-state index is 12.1. The molecule has 0 heterocycles. The van der Waals surface area contributed by atoms with Gasteiger partial charge in [0.2, 0.25) is 0 Å². The minimum atomic E-state index is -0.467. The van der Waals surface area contributed by atoms with Crippen molar-refractivity contribution in [3.63, 3.8) is 0 Å². The van der Waals surface area contributed by atoms with Gasteiger partial charge >= 0.3 is 11.9 Å². The van der Waals surface area contributed by atoms with E-state index in [-0.39, 0.29) is 23.8 Å². The van der Waals surface area contributed by atoms with Crippen LogP contribution >= 0.6 is 0 Å². The third-order valence-corrected chi connectivity index (χ3v) is 3.49. The van der Waals surface area contributed by atoms with E-state index in [1.807, 2.05) is 20.8 Å². The average Bonchev–Trinajstić information content (AvgIpc) is 2.37. The van der Waals surface area contributed by atoms with Crippen molar-refractivity contribution in [3.05, 3.63) is 0 Å². The lowest BCUT2D eigenvalue weighted by Gasteiger charge is -2.29. The molecule has 0 N–H and O–H groups in total. The average molecular weight is 284 g/mol. The van der Waals surface area contributed by atoms with Gasteiger partial charge in [-0.05, 0) is 46.5 Å². The van der Waals surface area contributed by atoms with Gasteiger partial charge in [0.05, 0.1) is 18.4 Å². The van der Waals surface area contributed by atoms with Crippen LogP contribution in [0, 0.1) is 11.8 Å². The molecular weight excluding hydrogens is 256 g/mol. The number of carbonyl (C=O) groups excluding carboxylic acids is 2. The van der Waals surface area contributed by atoms with Gasteiger partial charge in [-0.1, -0.05) is 19.8 Å². The zero-order chi connectivity index (χ0) is 15.2. The monoisotopic (exact) mass is 284 g/mol. The van der Waals surface area contributed by atoms with Gasteiger partial charge in [-0.15, -0.1) is 0 Å². The van der Waals surface area contributed by atoms with Crippen molar-refractivity contribution in [1.82, 2.24) is 0 Å². The van der Waals surface area contributed by atoms with E-state index in [1.54, 1.807) is 0 Å². The van der Waals surface area contributed by atoms with Gasteiger partial charge in [-0.2, -0.15) is 0 Å². The first kappa shape index (κ1) is 17.0. The SMILES string of the molecule is CCCCOC(=O)C1CCCC(C(=O)OC(C)(C)C)C1. The minimum absolute atomic E-state index is 0.141. The summed E-state index contributed by atoms with van der Waals surface area (Å²) in [5.41, 5.74) is -0.467. The van der Waals surface area contributed by atoms with E-state index in [9.17, 15) is 9.59 Å². The molecule has 0 saturated heterocycles. The number of esters is 2. The maximum Gasteiger partial charge on any atom is 0.309 e. The van der Waals surface area contributed by atoms with E-state index in [2.05, 4.69) is 6.92 Å².